The predicted octanol–water partition coefficient (Wildman–Crippen LogP) is 5.08. The van der Waals surface area contributed by atoms with Gasteiger partial charge in [0.2, 0.25) is 0 Å². The first kappa shape index (κ1) is 21.6. The molecule has 0 aromatic heterocycles. The second-order valence-corrected chi connectivity index (χ2v) is 7.07. The zero-order valence-corrected chi connectivity index (χ0v) is 17.1. The van der Waals surface area contributed by atoms with Gasteiger partial charge in [-0.05, 0) is 42.0 Å². The summed E-state index contributed by atoms with van der Waals surface area (Å²) in [6.07, 6.45) is 0. The second kappa shape index (κ2) is 10.1. The van der Waals surface area contributed by atoms with Gasteiger partial charge in [0.05, 0.1) is 11.3 Å². The van der Waals surface area contributed by atoms with Crippen molar-refractivity contribution >= 4 is 40.7 Å². The number of hydrogen-bond donors (Lipinski definition) is 2. The van der Waals surface area contributed by atoms with Crippen LogP contribution in [0.25, 0.3) is 0 Å². The van der Waals surface area contributed by atoms with Gasteiger partial charge < -0.3 is 15.4 Å². The van der Waals surface area contributed by atoms with E-state index in [1.165, 1.54) is 18.2 Å². The van der Waals surface area contributed by atoms with E-state index in [1.807, 2.05) is 0 Å². The number of carbonyl (C=O) groups is 2. The summed E-state index contributed by atoms with van der Waals surface area (Å²) in [5.41, 5.74) is 1.01. The van der Waals surface area contributed by atoms with E-state index in [0.717, 1.165) is 0 Å². The van der Waals surface area contributed by atoms with Gasteiger partial charge in [0.15, 0.2) is 6.61 Å². The largest absolute Gasteiger partial charge is 0.483 e. The van der Waals surface area contributed by atoms with E-state index < -0.39 is 17.6 Å². The minimum absolute atomic E-state index is 0.0528. The third-order valence-electron chi connectivity index (χ3n) is 4.09. The van der Waals surface area contributed by atoms with Crippen molar-refractivity contribution < 1.29 is 18.7 Å². The fraction of sp³-hybridized carbons (Fsp3) is 0.0909. The first-order valence-corrected chi connectivity index (χ1v) is 9.68. The molecule has 0 bridgehead atoms. The summed E-state index contributed by atoms with van der Waals surface area (Å²) in [5, 5.41) is 6.12. The van der Waals surface area contributed by atoms with E-state index in [-0.39, 0.29) is 30.2 Å². The highest BCUT2D eigenvalue weighted by Gasteiger charge is 2.14. The standard InChI is InChI=1S/C22H17Cl2FN2O3/c23-15-10-9-14(17(24)11-15)12-26-22(29)16-5-1-4-8-20(16)30-13-21(28)27-19-7-3-2-6-18(19)25/h1-11H,12-13H2,(H,26,29)(H,27,28). The third kappa shape index (κ3) is 5.72. The van der Waals surface area contributed by atoms with Crippen LogP contribution < -0.4 is 15.4 Å². The summed E-state index contributed by atoms with van der Waals surface area (Å²) in [5.74, 6) is -1.28. The molecule has 0 atom stereocenters. The van der Waals surface area contributed by atoms with Gasteiger partial charge in [0, 0.05) is 16.6 Å². The lowest BCUT2D eigenvalue weighted by atomic mass is 10.1. The molecular formula is C22H17Cl2FN2O3. The Hall–Kier alpha value is -3.09. The van der Waals surface area contributed by atoms with E-state index in [1.54, 1.807) is 48.5 Å². The highest BCUT2D eigenvalue weighted by atomic mass is 35.5. The zero-order valence-electron chi connectivity index (χ0n) is 15.6. The van der Waals surface area contributed by atoms with Gasteiger partial charge in [-0.1, -0.05) is 53.5 Å². The molecule has 0 unspecified atom stereocenters. The maximum Gasteiger partial charge on any atom is 0.262 e. The Balaban J connectivity index is 1.61. The summed E-state index contributed by atoms with van der Waals surface area (Å²) in [6.45, 7) is -0.196. The molecule has 8 heteroatoms. The van der Waals surface area contributed by atoms with Crippen molar-refractivity contribution in [3.05, 3.63) is 93.7 Å². The third-order valence-corrected chi connectivity index (χ3v) is 4.68. The summed E-state index contributed by atoms with van der Waals surface area (Å²) in [7, 11) is 0. The van der Waals surface area contributed by atoms with Crippen molar-refractivity contribution in [2.45, 2.75) is 6.54 Å². The van der Waals surface area contributed by atoms with Gasteiger partial charge in [-0.15, -0.1) is 0 Å². The SMILES string of the molecule is O=C(COc1ccccc1C(=O)NCc1ccc(Cl)cc1Cl)Nc1ccccc1F. The highest BCUT2D eigenvalue weighted by molar-refractivity contribution is 6.35. The molecule has 0 spiro atoms. The van der Waals surface area contributed by atoms with Crippen LogP contribution in [0.3, 0.4) is 0 Å². The first-order chi connectivity index (χ1) is 14.4. The first-order valence-electron chi connectivity index (χ1n) is 8.92. The van der Waals surface area contributed by atoms with Crippen LogP contribution >= 0.6 is 23.2 Å². The van der Waals surface area contributed by atoms with E-state index in [9.17, 15) is 14.0 Å². The number of halogens is 3. The van der Waals surface area contributed by atoms with Gasteiger partial charge in [-0.3, -0.25) is 9.59 Å². The van der Waals surface area contributed by atoms with Crippen LogP contribution in [0.1, 0.15) is 15.9 Å². The molecule has 30 heavy (non-hydrogen) atoms. The molecule has 5 nitrogen and oxygen atoms in total. The van der Waals surface area contributed by atoms with E-state index in [2.05, 4.69) is 10.6 Å². The molecule has 3 rings (SSSR count). The van der Waals surface area contributed by atoms with Crippen molar-refractivity contribution in [1.29, 1.82) is 0 Å². The van der Waals surface area contributed by atoms with Crippen LogP contribution in [-0.2, 0) is 11.3 Å². The molecule has 0 fully saturated rings. The lowest BCUT2D eigenvalue weighted by molar-refractivity contribution is -0.118. The van der Waals surface area contributed by atoms with Crippen LogP contribution in [0.2, 0.25) is 10.0 Å². The molecular weight excluding hydrogens is 430 g/mol. The molecule has 0 radical (unpaired) electrons. The lowest BCUT2D eigenvalue weighted by Gasteiger charge is -2.12. The molecule has 2 amide bonds. The molecule has 2 N–H and O–H groups in total. The van der Waals surface area contributed by atoms with Crippen LogP contribution in [0, 0.1) is 5.82 Å². The van der Waals surface area contributed by atoms with Crippen LogP contribution in [-0.4, -0.2) is 18.4 Å². The summed E-state index contributed by atoms with van der Waals surface area (Å²) in [6, 6.07) is 17.3. The minimum Gasteiger partial charge on any atom is -0.483 e. The molecule has 0 saturated heterocycles. The summed E-state index contributed by atoms with van der Waals surface area (Å²) in [4.78, 5) is 24.7. The highest BCUT2D eigenvalue weighted by Crippen LogP contribution is 2.22. The van der Waals surface area contributed by atoms with Crippen molar-refractivity contribution in [1.82, 2.24) is 5.32 Å². The molecule has 0 saturated carbocycles. The molecule has 0 aliphatic carbocycles. The Morgan fingerprint density at radius 2 is 1.70 bits per heavy atom. The molecule has 0 aliphatic rings. The number of amides is 2. The quantitative estimate of drug-likeness (QED) is 0.531. The Kier molecular flexibility index (Phi) is 7.27. The Morgan fingerprint density at radius 3 is 2.47 bits per heavy atom. The van der Waals surface area contributed by atoms with Crippen molar-refractivity contribution in [2.24, 2.45) is 0 Å². The van der Waals surface area contributed by atoms with E-state index in [0.29, 0.717) is 15.6 Å². The van der Waals surface area contributed by atoms with Crippen LogP contribution in [0.5, 0.6) is 5.75 Å². The van der Waals surface area contributed by atoms with Gasteiger partial charge in [0.25, 0.3) is 11.8 Å². The smallest absolute Gasteiger partial charge is 0.262 e. The van der Waals surface area contributed by atoms with E-state index in [4.69, 9.17) is 27.9 Å². The Morgan fingerprint density at radius 1 is 0.967 bits per heavy atom. The minimum atomic E-state index is -0.553. The van der Waals surface area contributed by atoms with E-state index >= 15 is 0 Å². The molecule has 154 valence electrons. The summed E-state index contributed by atoms with van der Waals surface area (Å²) >= 11 is 12.0. The average molecular weight is 447 g/mol. The number of rotatable bonds is 7. The van der Waals surface area contributed by atoms with Crippen LogP contribution in [0.15, 0.2) is 66.7 Å². The molecule has 0 heterocycles. The second-order valence-electron chi connectivity index (χ2n) is 6.23. The van der Waals surface area contributed by atoms with Gasteiger partial charge in [-0.2, -0.15) is 0 Å². The van der Waals surface area contributed by atoms with Gasteiger partial charge in [-0.25, -0.2) is 4.39 Å². The number of anilines is 1. The molecule has 3 aromatic carbocycles. The van der Waals surface area contributed by atoms with Gasteiger partial charge >= 0.3 is 0 Å². The monoisotopic (exact) mass is 446 g/mol. The Bertz CT molecular complexity index is 1080. The average Bonchev–Trinajstić information content (AvgIpc) is 2.73. The number of nitrogens with one attached hydrogen (secondary N) is 2. The van der Waals surface area contributed by atoms with Crippen molar-refractivity contribution in [3.8, 4) is 5.75 Å². The van der Waals surface area contributed by atoms with Crippen LogP contribution in [0.4, 0.5) is 10.1 Å². The number of benzene rings is 3. The zero-order chi connectivity index (χ0) is 21.5. The maximum atomic E-state index is 13.6. The Labute approximate surface area is 182 Å². The maximum absolute atomic E-state index is 13.6. The lowest BCUT2D eigenvalue weighted by Crippen LogP contribution is -2.25. The fourth-order valence-electron chi connectivity index (χ4n) is 2.61. The fourth-order valence-corrected chi connectivity index (χ4v) is 3.08. The van der Waals surface area contributed by atoms with Gasteiger partial charge in [0.1, 0.15) is 11.6 Å². The number of para-hydroxylation sites is 2. The predicted molar refractivity (Wildman–Crippen MR) is 115 cm³/mol. The van der Waals surface area contributed by atoms with Crippen molar-refractivity contribution in [3.63, 3.8) is 0 Å². The number of ether oxygens (including phenoxy) is 1. The molecule has 0 aliphatic heterocycles. The summed E-state index contributed by atoms with van der Waals surface area (Å²) < 4.78 is 19.1. The molecule has 3 aromatic rings. The number of carbonyl (C=O) groups excluding carboxylic acids is 2. The topological polar surface area (TPSA) is 67.4 Å². The number of hydrogen-bond acceptors (Lipinski definition) is 3. The van der Waals surface area contributed by atoms with Crippen molar-refractivity contribution in [2.75, 3.05) is 11.9 Å². The normalized spacial score (nSPS) is 10.4.